The second-order valence-corrected chi connectivity index (χ2v) is 8.37. The highest BCUT2D eigenvalue weighted by atomic mass is 16.3. The first-order valence-electron chi connectivity index (χ1n) is 10.4. The van der Waals surface area contributed by atoms with E-state index >= 15 is 0 Å². The van der Waals surface area contributed by atoms with Gasteiger partial charge in [0.2, 0.25) is 5.91 Å². The fraction of sp³-hybridized carbons (Fsp3) is 0.391. The van der Waals surface area contributed by atoms with E-state index in [1.807, 2.05) is 35.8 Å². The van der Waals surface area contributed by atoms with E-state index in [0.29, 0.717) is 23.8 Å². The summed E-state index contributed by atoms with van der Waals surface area (Å²) in [5.41, 5.74) is 0.278. The second-order valence-electron chi connectivity index (χ2n) is 8.37. The Morgan fingerprint density at radius 2 is 1.83 bits per heavy atom. The van der Waals surface area contributed by atoms with Crippen molar-refractivity contribution in [3.8, 4) is 11.5 Å². The van der Waals surface area contributed by atoms with Gasteiger partial charge in [0.15, 0.2) is 0 Å². The molecule has 3 aromatic heterocycles. The molecular weight excluding hydrogens is 382 g/mol. The van der Waals surface area contributed by atoms with Gasteiger partial charge in [-0.3, -0.25) is 9.59 Å². The molecule has 1 aliphatic carbocycles. The molecule has 0 saturated heterocycles. The molecule has 0 bridgehead atoms. The van der Waals surface area contributed by atoms with Gasteiger partial charge in [0.25, 0.3) is 5.91 Å². The normalized spacial score (nSPS) is 21.8. The van der Waals surface area contributed by atoms with Crippen LogP contribution in [0, 0.1) is 0 Å². The van der Waals surface area contributed by atoms with Gasteiger partial charge in [0.05, 0.1) is 31.3 Å². The minimum atomic E-state index is -1.06. The number of aromatic nitrogens is 1. The van der Waals surface area contributed by atoms with Crippen LogP contribution in [0.15, 0.2) is 57.8 Å². The van der Waals surface area contributed by atoms with Gasteiger partial charge in [-0.15, -0.1) is 0 Å². The van der Waals surface area contributed by atoms with Gasteiger partial charge in [0.1, 0.15) is 22.8 Å². The summed E-state index contributed by atoms with van der Waals surface area (Å²) in [6, 6.07) is 11.1. The van der Waals surface area contributed by atoms with Crippen molar-refractivity contribution < 1.29 is 18.4 Å². The number of carbonyl (C=O) groups is 2. The lowest BCUT2D eigenvalue weighted by atomic mass is 9.93. The fourth-order valence-electron chi connectivity index (χ4n) is 4.63. The van der Waals surface area contributed by atoms with Crippen molar-refractivity contribution in [3.05, 3.63) is 60.4 Å². The lowest BCUT2D eigenvalue weighted by Crippen LogP contribution is -2.64. The third-order valence-corrected chi connectivity index (χ3v) is 6.35. The number of carbonyl (C=O) groups excluding carboxylic acids is 2. The number of nitrogens with one attached hydrogen (secondary N) is 1. The summed E-state index contributed by atoms with van der Waals surface area (Å²) in [5.74, 6) is 1.00. The van der Waals surface area contributed by atoms with Crippen molar-refractivity contribution in [1.82, 2.24) is 14.8 Å². The Morgan fingerprint density at radius 1 is 1.10 bits per heavy atom. The summed E-state index contributed by atoms with van der Waals surface area (Å²) < 4.78 is 13.0. The molecule has 0 spiro atoms. The van der Waals surface area contributed by atoms with Crippen LogP contribution >= 0.6 is 0 Å². The molecule has 3 aromatic rings. The predicted octanol–water partition coefficient (Wildman–Crippen LogP) is 3.81. The van der Waals surface area contributed by atoms with Gasteiger partial charge in [-0.25, -0.2) is 0 Å². The first-order valence-corrected chi connectivity index (χ1v) is 10.4. The Bertz CT molecular complexity index is 1040. The van der Waals surface area contributed by atoms with E-state index in [1.165, 1.54) is 0 Å². The molecule has 7 heteroatoms. The van der Waals surface area contributed by atoms with Crippen molar-refractivity contribution in [2.45, 2.75) is 57.3 Å². The number of amides is 2. The van der Waals surface area contributed by atoms with E-state index in [2.05, 4.69) is 5.32 Å². The first-order chi connectivity index (χ1) is 14.6. The van der Waals surface area contributed by atoms with Crippen molar-refractivity contribution in [1.29, 1.82) is 0 Å². The third kappa shape index (κ3) is 3.05. The first kappa shape index (κ1) is 18.8. The minimum absolute atomic E-state index is 0.126. The van der Waals surface area contributed by atoms with Gasteiger partial charge >= 0.3 is 0 Å². The van der Waals surface area contributed by atoms with E-state index in [4.69, 9.17) is 8.83 Å². The van der Waals surface area contributed by atoms with Crippen LogP contribution in [0.2, 0.25) is 0 Å². The average Bonchev–Trinajstić information content (AvgIpc) is 3.53. The summed E-state index contributed by atoms with van der Waals surface area (Å²) in [4.78, 5) is 28.7. The van der Waals surface area contributed by atoms with Crippen LogP contribution in [-0.4, -0.2) is 32.9 Å². The van der Waals surface area contributed by atoms with E-state index in [9.17, 15) is 9.59 Å². The largest absolute Gasteiger partial charge is 0.467 e. The van der Waals surface area contributed by atoms with E-state index < -0.39 is 5.54 Å². The Kier molecular flexibility index (Phi) is 4.53. The summed E-state index contributed by atoms with van der Waals surface area (Å²) in [5, 5.41) is 3.20. The van der Waals surface area contributed by atoms with Gasteiger partial charge < -0.3 is 23.6 Å². The second kappa shape index (κ2) is 7.23. The molecule has 2 aliphatic rings. The number of fused-ring (bicyclic) bond motifs is 1. The summed E-state index contributed by atoms with van der Waals surface area (Å²) in [6.07, 6.45) is 7.41. The maximum Gasteiger partial charge on any atom is 0.271 e. The highest BCUT2D eigenvalue weighted by Gasteiger charge is 2.48. The van der Waals surface area contributed by atoms with Gasteiger partial charge in [0, 0.05) is 6.04 Å². The summed E-state index contributed by atoms with van der Waals surface area (Å²) >= 11 is 0. The van der Waals surface area contributed by atoms with Crippen LogP contribution in [0.4, 0.5) is 0 Å². The molecule has 0 radical (unpaired) electrons. The zero-order valence-corrected chi connectivity index (χ0v) is 17.0. The molecular formula is C23H25N3O4. The zero-order valence-electron chi connectivity index (χ0n) is 17.0. The fourth-order valence-corrected chi connectivity index (χ4v) is 4.63. The predicted molar refractivity (Wildman–Crippen MR) is 110 cm³/mol. The molecule has 5 rings (SSSR count). The molecule has 2 amide bonds. The Morgan fingerprint density at radius 3 is 2.53 bits per heavy atom. The lowest BCUT2D eigenvalue weighted by molar-refractivity contribution is -0.134. The lowest BCUT2D eigenvalue weighted by Gasteiger charge is -2.44. The monoisotopic (exact) mass is 407 g/mol. The maximum atomic E-state index is 13.5. The van der Waals surface area contributed by atoms with Crippen LogP contribution in [0.1, 0.15) is 48.9 Å². The van der Waals surface area contributed by atoms with Crippen LogP contribution in [0.25, 0.3) is 11.5 Å². The number of furan rings is 2. The maximum absolute atomic E-state index is 13.5. The number of hydrogen-bond acceptors (Lipinski definition) is 4. The average molecular weight is 407 g/mol. The molecule has 0 aromatic carbocycles. The Labute approximate surface area is 174 Å². The van der Waals surface area contributed by atoms with Crippen LogP contribution in [0.5, 0.6) is 0 Å². The SMILES string of the molecule is C[C@@]1(C(=O)NC2CCCC2)Cn2c(ccc2-c2ccco2)C(=O)N1Cc1ccco1. The molecule has 156 valence electrons. The molecule has 1 saturated carbocycles. The van der Waals surface area contributed by atoms with Crippen LogP contribution in [0.3, 0.4) is 0 Å². The molecule has 4 heterocycles. The van der Waals surface area contributed by atoms with Crippen LogP contribution in [-0.2, 0) is 17.9 Å². The zero-order chi connectivity index (χ0) is 20.7. The van der Waals surface area contributed by atoms with Crippen LogP contribution < -0.4 is 5.32 Å². The molecule has 30 heavy (non-hydrogen) atoms. The molecule has 0 unspecified atom stereocenters. The smallest absolute Gasteiger partial charge is 0.271 e. The molecule has 1 fully saturated rings. The van der Waals surface area contributed by atoms with Crippen molar-refractivity contribution in [2.75, 3.05) is 0 Å². The topological polar surface area (TPSA) is 80.6 Å². The van der Waals surface area contributed by atoms with Crippen molar-refractivity contribution in [2.24, 2.45) is 0 Å². The van der Waals surface area contributed by atoms with Gasteiger partial charge in [-0.2, -0.15) is 0 Å². The standard InChI is InChI=1S/C23H25N3O4/c1-23(22(28)24-16-6-2-3-7-16)15-25-18(20-9-5-13-30-20)10-11-19(25)21(27)26(23)14-17-8-4-12-29-17/h4-5,8-13,16H,2-3,6-7,14-15H2,1H3,(H,24,28)/t23-/m0/s1. The third-order valence-electron chi connectivity index (χ3n) is 6.35. The highest BCUT2D eigenvalue weighted by Crippen LogP contribution is 2.34. The number of rotatable bonds is 5. The highest BCUT2D eigenvalue weighted by molar-refractivity contribution is 6.00. The summed E-state index contributed by atoms with van der Waals surface area (Å²) in [7, 11) is 0. The quantitative estimate of drug-likeness (QED) is 0.697. The molecule has 1 N–H and O–H groups in total. The van der Waals surface area contributed by atoms with E-state index in [-0.39, 0.29) is 24.4 Å². The van der Waals surface area contributed by atoms with Gasteiger partial charge in [-0.05, 0) is 56.2 Å². The Hall–Kier alpha value is -3.22. The minimum Gasteiger partial charge on any atom is -0.467 e. The van der Waals surface area contributed by atoms with E-state index in [0.717, 1.165) is 31.4 Å². The molecule has 1 atom stereocenters. The summed E-state index contributed by atoms with van der Waals surface area (Å²) in [6.45, 7) is 2.42. The van der Waals surface area contributed by atoms with E-state index in [1.54, 1.807) is 29.6 Å². The van der Waals surface area contributed by atoms with Crippen molar-refractivity contribution >= 4 is 11.8 Å². The number of hydrogen-bond donors (Lipinski definition) is 1. The number of nitrogens with zero attached hydrogens (tertiary/aromatic N) is 2. The van der Waals surface area contributed by atoms with Crippen molar-refractivity contribution in [3.63, 3.8) is 0 Å². The molecule has 7 nitrogen and oxygen atoms in total. The molecule has 1 aliphatic heterocycles. The Balaban J connectivity index is 1.54. The van der Waals surface area contributed by atoms with Gasteiger partial charge in [-0.1, -0.05) is 12.8 Å².